The number of rotatable bonds is 2. The summed E-state index contributed by atoms with van der Waals surface area (Å²) in [4.78, 5) is 18.3. The van der Waals surface area contributed by atoms with Crippen LogP contribution >= 0.6 is 0 Å². The van der Waals surface area contributed by atoms with Crippen molar-refractivity contribution in [1.82, 2.24) is 14.5 Å². The largest absolute Gasteiger partial charge is 0.360 e. The van der Waals surface area contributed by atoms with Gasteiger partial charge in [0.25, 0.3) is 0 Å². The summed E-state index contributed by atoms with van der Waals surface area (Å²) in [5.74, 6) is 0. The second-order valence-electron chi connectivity index (χ2n) is 4.71. The monoisotopic (exact) mass is 261 g/mol. The van der Waals surface area contributed by atoms with Crippen molar-refractivity contribution >= 4 is 28.1 Å². The van der Waals surface area contributed by atoms with Gasteiger partial charge in [-0.05, 0) is 30.3 Å². The van der Waals surface area contributed by atoms with Crippen LogP contribution in [0.15, 0.2) is 55.1 Å². The number of H-pyrrole nitrogens is 1. The van der Waals surface area contributed by atoms with Crippen molar-refractivity contribution in [1.29, 1.82) is 0 Å². The van der Waals surface area contributed by atoms with Gasteiger partial charge in [0.15, 0.2) is 6.29 Å². The van der Waals surface area contributed by atoms with Crippen molar-refractivity contribution < 1.29 is 4.79 Å². The fraction of sp³-hybridized carbons (Fsp3) is 0. The number of hydrogen-bond donors (Lipinski definition) is 1. The molecule has 0 unspecified atom stereocenters. The van der Waals surface area contributed by atoms with Gasteiger partial charge >= 0.3 is 0 Å². The lowest BCUT2D eigenvalue weighted by Gasteiger charge is -2.05. The third kappa shape index (κ3) is 1.48. The quantitative estimate of drug-likeness (QED) is 0.563. The normalized spacial score (nSPS) is 11.2. The maximum atomic E-state index is 11.1. The van der Waals surface area contributed by atoms with E-state index in [2.05, 4.69) is 14.5 Å². The van der Waals surface area contributed by atoms with E-state index in [-0.39, 0.29) is 0 Å². The van der Waals surface area contributed by atoms with Crippen molar-refractivity contribution in [3.63, 3.8) is 0 Å². The highest BCUT2D eigenvalue weighted by Gasteiger charge is 2.07. The third-order valence-electron chi connectivity index (χ3n) is 3.59. The van der Waals surface area contributed by atoms with Gasteiger partial charge in [-0.3, -0.25) is 9.78 Å². The molecule has 4 nitrogen and oxygen atoms in total. The van der Waals surface area contributed by atoms with Crippen LogP contribution in [0.25, 0.3) is 27.5 Å². The van der Waals surface area contributed by atoms with Gasteiger partial charge in [-0.1, -0.05) is 0 Å². The molecule has 0 aliphatic heterocycles. The van der Waals surface area contributed by atoms with Crippen LogP contribution in [-0.2, 0) is 0 Å². The van der Waals surface area contributed by atoms with Gasteiger partial charge in [0, 0.05) is 52.3 Å². The first-order chi connectivity index (χ1) is 9.86. The molecule has 0 spiro atoms. The average Bonchev–Trinajstić information content (AvgIpc) is 3.10. The van der Waals surface area contributed by atoms with Crippen molar-refractivity contribution in [3.05, 3.63) is 60.7 Å². The van der Waals surface area contributed by atoms with Crippen LogP contribution in [0.3, 0.4) is 0 Å². The zero-order chi connectivity index (χ0) is 13.5. The maximum absolute atomic E-state index is 11.1. The van der Waals surface area contributed by atoms with E-state index >= 15 is 0 Å². The number of pyridine rings is 1. The van der Waals surface area contributed by atoms with Crippen LogP contribution in [0.1, 0.15) is 10.4 Å². The molecule has 0 saturated carbocycles. The highest BCUT2D eigenvalue weighted by atomic mass is 16.1. The Kier molecular flexibility index (Phi) is 2.23. The number of nitrogens with one attached hydrogen (secondary N) is 1. The molecule has 4 rings (SSSR count). The smallest absolute Gasteiger partial charge is 0.152 e. The summed E-state index contributed by atoms with van der Waals surface area (Å²) in [6.45, 7) is 0. The average molecular weight is 261 g/mol. The summed E-state index contributed by atoms with van der Waals surface area (Å²) in [7, 11) is 0. The molecule has 1 aromatic carbocycles. The highest BCUT2D eigenvalue weighted by molar-refractivity contribution is 5.98. The lowest BCUT2D eigenvalue weighted by atomic mass is 10.1. The Balaban J connectivity index is 1.99. The predicted molar refractivity (Wildman–Crippen MR) is 78.3 cm³/mol. The molecular formula is C16H11N3O. The molecule has 0 amide bonds. The van der Waals surface area contributed by atoms with Gasteiger partial charge in [-0.2, -0.15) is 0 Å². The van der Waals surface area contributed by atoms with Gasteiger partial charge in [-0.25, -0.2) is 0 Å². The number of fused-ring (bicyclic) bond motifs is 2. The molecular weight excluding hydrogens is 250 g/mol. The van der Waals surface area contributed by atoms with Gasteiger partial charge in [0.05, 0.1) is 5.52 Å². The summed E-state index contributed by atoms with van der Waals surface area (Å²) >= 11 is 0. The summed E-state index contributed by atoms with van der Waals surface area (Å²) in [5, 5.41) is 2.03. The summed E-state index contributed by atoms with van der Waals surface area (Å²) in [6, 6.07) is 10.1. The van der Waals surface area contributed by atoms with Gasteiger partial charge in [0.1, 0.15) is 0 Å². The number of carbonyl (C=O) groups excluding carboxylic acids is 1. The standard InChI is InChI=1S/C16H11N3O/c20-10-12-9-18-15-2-1-13(7-14(12)15)19-6-4-11-8-17-5-3-16(11)19/h1-10,18H. The van der Waals surface area contributed by atoms with Crippen molar-refractivity contribution in [3.8, 4) is 5.69 Å². The van der Waals surface area contributed by atoms with Gasteiger partial charge < -0.3 is 9.55 Å². The molecule has 0 saturated heterocycles. The first-order valence-corrected chi connectivity index (χ1v) is 6.34. The first-order valence-electron chi connectivity index (χ1n) is 6.34. The fourth-order valence-corrected chi connectivity index (χ4v) is 2.58. The zero-order valence-electron chi connectivity index (χ0n) is 10.6. The van der Waals surface area contributed by atoms with Crippen molar-refractivity contribution in [2.45, 2.75) is 0 Å². The lowest BCUT2D eigenvalue weighted by Crippen LogP contribution is -1.91. The number of aldehydes is 1. The Morgan fingerprint density at radius 2 is 2.15 bits per heavy atom. The van der Waals surface area contributed by atoms with Crippen molar-refractivity contribution in [2.24, 2.45) is 0 Å². The van der Waals surface area contributed by atoms with Gasteiger partial charge in [-0.15, -0.1) is 0 Å². The predicted octanol–water partition coefficient (Wildman–Crippen LogP) is 3.32. The molecule has 0 atom stereocenters. The maximum Gasteiger partial charge on any atom is 0.152 e. The van der Waals surface area contributed by atoms with Crippen molar-refractivity contribution in [2.75, 3.05) is 0 Å². The minimum atomic E-state index is 0.681. The second-order valence-corrected chi connectivity index (χ2v) is 4.71. The number of aromatic nitrogens is 3. The third-order valence-corrected chi connectivity index (χ3v) is 3.59. The molecule has 0 aliphatic carbocycles. The molecule has 20 heavy (non-hydrogen) atoms. The van der Waals surface area contributed by atoms with E-state index in [1.54, 1.807) is 12.4 Å². The van der Waals surface area contributed by atoms with E-state index in [0.29, 0.717) is 5.56 Å². The summed E-state index contributed by atoms with van der Waals surface area (Å²) < 4.78 is 2.10. The minimum absolute atomic E-state index is 0.681. The van der Waals surface area contributed by atoms with Crippen LogP contribution < -0.4 is 0 Å². The van der Waals surface area contributed by atoms with Crippen LogP contribution in [0.2, 0.25) is 0 Å². The summed E-state index contributed by atoms with van der Waals surface area (Å²) in [6.07, 6.45) is 8.25. The number of aromatic amines is 1. The molecule has 0 radical (unpaired) electrons. The van der Waals surface area contributed by atoms with E-state index in [1.807, 2.05) is 42.7 Å². The van der Waals surface area contributed by atoms with Gasteiger partial charge in [0.2, 0.25) is 0 Å². The number of carbonyl (C=O) groups is 1. The molecule has 0 aliphatic rings. The molecule has 4 heteroatoms. The summed E-state index contributed by atoms with van der Waals surface area (Å²) in [5.41, 5.74) is 3.78. The number of benzene rings is 1. The van der Waals surface area contributed by atoms with E-state index in [1.165, 1.54) is 0 Å². The second kappa shape index (κ2) is 4.06. The van der Waals surface area contributed by atoms with Crippen LogP contribution in [0.5, 0.6) is 0 Å². The van der Waals surface area contributed by atoms with E-state index in [0.717, 1.165) is 33.8 Å². The fourth-order valence-electron chi connectivity index (χ4n) is 2.58. The minimum Gasteiger partial charge on any atom is -0.360 e. The molecule has 96 valence electrons. The number of nitrogens with zero attached hydrogens (tertiary/aromatic N) is 2. The molecule has 1 N–H and O–H groups in total. The van der Waals surface area contributed by atoms with E-state index in [9.17, 15) is 4.79 Å². The lowest BCUT2D eigenvalue weighted by molar-refractivity contribution is 0.112. The van der Waals surface area contributed by atoms with Crippen LogP contribution in [0.4, 0.5) is 0 Å². The Bertz CT molecular complexity index is 933. The molecule has 4 aromatic rings. The molecule has 0 bridgehead atoms. The number of hydrogen-bond acceptors (Lipinski definition) is 2. The van der Waals surface area contributed by atoms with Crippen LogP contribution in [-0.4, -0.2) is 20.8 Å². The first kappa shape index (κ1) is 11.0. The SMILES string of the molecule is O=Cc1c[nH]c2ccc(-n3ccc4cnccc43)cc12. The Labute approximate surface area is 114 Å². The highest BCUT2D eigenvalue weighted by Crippen LogP contribution is 2.24. The van der Waals surface area contributed by atoms with Crippen LogP contribution in [0, 0.1) is 0 Å². The Hall–Kier alpha value is -2.88. The molecule has 0 fully saturated rings. The molecule has 3 aromatic heterocycles. The van der Waals surface area contributed by atoms with E-state index < -0.39 is 0 Å². The zero-order valence-corrected chi connectivity index (χ0v) is 10.6. The molecule has 3 heterocycles. The topological polar surface area (TPSA) is 50.7 Å². The van der Waals surface area contributed by atoms with E-state index in [4.69, 9.17) is 0 Å². The Morgan fingerprint density at radius 3 is 3.05 bits per heavy atom. The Morgan fingerprint density at radius 1 is 1.20 bits per heavy atom.